The summed E-state index contributed by atoms with van der Waals surface area (Å²) in [5.74, 6) is -0.541. The number of piperazine rings is 1. The standard InChI is InChI=1S/C17H19F3N2O2/c1-11-16(24)21-8-4-6-13(21)10-22(11)15(23)9-12-5-2-3-7-14(12)17(18,19)20/h2-3,5,7,11,13H,4,6,8-10H2,1H3/t11-,13+/m0/s1. The molecule has 2 aliphatic heterocycles. The molecule has 7 heteroatoms. The third-order valence-corrected chi connectivity index (χ3v) is 4.88. The lowest BCUT2D eigenvalue weighted by molar-refractivity contribution is -0.152. The number of rotatable bonds is 2. The second-order valence-corrected chi connectivity index (χ2v) is 6.38. The van der Waals surface area contributed by atoms with Crippen molar-refractivity contribution in [1.82, 2.24) is 9.80 Å². The van der Waals surface area contributed by atoms with E-state index in [1.54, 1.807) is 11.8 Å². The third-order valence-electron chi connectivity index (χ3n) is 4.88. The van der Waals surface area contributed by atoms with Gasteiger partial charge in [0.2, 0.25) is 11.8 Å². The smallest absolute Gasteiger partial charge is 0.336 e. The lowest BCUT2D eigenvalue weighted by Crippen LogP contribution is -2.60. The Kier molecular flexibility index (Phi) is 4.27. The van der Waals surface area contributed by atoms with Crippen LogP contribution >= 0.6 is 0 Å². The summed E-state index contributed by atoms with van der Waals surface area (Å²) in [4.78, 5) is 28.2. The van der Waals surface area contributed by atoms with E-state index in [0.717, 1.165) is 18.9 Å². The summed E-state index contributed by atoms with van der Waals surface area (Å²) < 4.78 is 39.2. The Labute approximate surface area is 138 Å². The van der Waals surface area contributed by atoms with Crippen molar-refractivity contribution in [3.8, 4) is 0 Å². The number of hydrogen-bond acceptors (Lipinski definition) is 2. The van der Waals surface area contributed by atoms with Crippen LogP contribution in [0.5, 0.6) is 0 Å². The van der Waals surface area contributed by atoms with Crippen LogP contribution in [0, 0.1) is 0 Å². The van der Waals surface area contributed by atoms with Crippen LogP contribution in [0.1, 0.15) is 30.9 Å². The molecule has 0 aliphatic carbocycles. The highest BCUT2D eigenvalue weighted by Crippen LogP contribution is 2.33. The molecule has 0 unspecified atom stereocenters. The molecule has 2 amide bonds. The number of fused-ring (bicyclic) bond motifs is 1. The van der Waals surface area contributed by atoms with Crippen LogP contribution in [0.3, 0.4) is 0 Å². The molecule has 2 heterocycles. The molecule has 0 aromatic heterocycles. The minimum Gasteiger partial charge on any atom is -0.336 e. The number of amides is 2. The van der Waals surface area contributed by atoms with E-state index < -0.39 is 23.7 Å². The highest BCUT2D eigenvalue weighted by Gasteiger charge is 2.42. The molecule has 1 aromatic carbocycles. The predicted molar refractivity (Wildman–Crippen MR) is 81.1 cm³/mol. The topological polar surface area (TPSA) is 40.6 Å². The van der Waals surface area contributed by atoms with E-state index in [2.05, 4.69) is 0 Å². The van der Waals surface area contributed by atoms with Gasteiger partial charge in [-0.2, -0.15) is 13.2 Å². The average Bonchev–Trinajstić information content (AvgIpc) is 2.99. The van der Waals surface area contributed by atoms with Gasteiger partial charge >= 0.3 is 6.18 Å². The second kappa shape index (κ2) is 6.11. The molecule has 0 spiro atoms. The SMILES string of the molecule is C[C@H]1C(=O)N2CCC[C@@H]2CN1C(=O)Cc1ccccc1C(F)(F)F. The fraction of sp³-hybridized carbons (Fsp3) is 0.529. The van der Waals surface area contributed by atoms with E-state index in [1.807, 2.05) is 0 Å². The van der Waals surface area contributed by atoms with E-state index in [1.165, 1.54) is 23.1 Å². The molecule has 2 saturated heterocycles. The Bertz CT molecular complexity index is 659. The van der Waals surface area contributed by atoms with Crippen LogP contribution in [-0.4, -0.2) is 46.8 Å². The van der Waals surface area contributed by atoms with Gasteiger partial charge < -0.3 is 9.80 Å². The van der Waals surface area contributed by atoms with E-state index in [-0.39, 0.29) is 23.9 Å². The zero-order chi connectivity index (χ0) is 17.5. The molecule has 24 heavy (non-hydrogen) atoms. The first kappa shape index (κ1) is 16.8. The van der Waals surface area contributed by atoms with Crippen molar-refractivity contribution in [3.05, 3.63) is 35.4 Å². The van der Waals surface area contributed by atoms with E-state index >= 15 is 0 Å². The van der Waals surface area contributed by atoms with Gasteiger partial charge in [-0.15, -0.1) is 0 Å². The lowest BCUT2D eigenvalue weighted by Gasteiger charge is -2.41. The number of carbonyl (C=O) groups is 2. The zero-order valence-electron chi connectivity index (χ0n) is 13.3. The summed E-state index contributed by atoms with van der Waals surface area (Å²) >= 11 is 0. The predicted octanol–water partition coefficient (Wildman–Crippen LogP) is 2.47. The molecular weight excluding hydrogens is 321 g/mol. The Balaban J connectivity index is 1.79. The van der Waals surface area contributed by atoms with Crippen LogP contribution in [0.4, 0.5) is 13.2 Å². The Morgan fingerprint density at radius 2 is 2.00 bits per heavy atom. The highest BCUT2D eigenvalue weighted by atomic mass is 19.4. The number of hydrogen-bond donors (Lipinski definition) is 0. The summed E-state index contributed by atoms with van der Waals surface area (Å²) in [6, 6.07) is 4.47. The van der Waals surface area contributed by atoms with Gasteiger partial charge in [-0.05, 0) is 31.4 Å². The van der Waals surface area contributed by atoms with Crippen molar-refractivity contribution in [2.45, 2.75) is 44.4 Å². The van der Waals surface area contributed by atoms with Gasteiger partial charge in [0.25, 0.3) is 0 Å². The fourth-order valence-electron chi connectivity index (χ4n) is 3.61. The highest BCUT2D eigenvalue weighted by molar-refractivity contribution is 5.90. The van der Waals surface area contributed by atoms with Crippen LogP contribution in [0.15, 0.2) is 24.3 Å². The molecule has 4 nitrogen and oxygen atoms in total. The first-order valence-corrected chi connectivity index (χ1v) is 8.04. The summed E-state index contributed by atoms with van der Waals surface area (Å²) in [6.07, 6.45) is -3.11. The van der Waals surface area contributed by atoms with Crippen molar-refractivity contribution in [1.29, 1.82) is 0 Å². The van der Waals surface area contributed by atoms with Gasteiger partial charge in [-0.1, -0.05) is 18.2 Å². The maximum Gasteiger partial charge on any atom is 0.416 e. The molecule has 0 bridgehead atoms. The normalized spacial score (nSPS) is 24.2. The summed E-state index contributed by atoms with van der Waals surface area (Å²) in [7, 11) is 0. The molecule has 2 fully saturated rings. The number of benzene rings is 1. The number of alkyl halides is 3. The van der Waals surface area contributed by atoms with E-state index in [0.29, 0.717) is 13.1 Å². The molecule has 2 atom stereocenters. The molecule has 1 aromatic rings. The Morgan fingerprint density at radius 3 is 2.71 bits per heavy atom. The molecule has 130 valence electrons. The summed E-state index contributed by atoms with van der Waals surface area (Å²) in [5.41, 5.74) is -0.847. The first-order valence-electron chi connectivity index (χ1n) is 8.04. The van der Waals surface area contributed by atoms with Gasteiger partial charge in [0.15, 0.2) is 0 Å². The lowest BCUT2D eigenvalue weighted by atomic mass is 10.0. The zero-order valence-corrected chi connectivity index (χ0v) is 13.3. The summed E-state index contributed by atoms with van der Waals surface area (Å²) in [5, 5.41) is 0. The number of halogens is 3. The monoisotopic (exact) mass is 340 g/mol. The minimum atomic E-state index is -4.50. The Morgan fingerprint density at radius 1 is 1.29 bits per heavy atom. The maximum atomic E-state index is 13.1. The number of carbonyl (C=O) groups excluding carboxylic acids is 2. The third kappa shape index (κ3) is 2.99. The molecule has 0 saturated carbocycles. The fourth-order valence-corrected chi connectivity index (χ4v) is 3.61. The average molecular weight is 340 g/mol. The van der Waals surface area contributed by atoms with Crippen LogP contribution in [-0.2, 0) is 22.2 Å². The Hall–Kier alpha value is -2.05. The van der Waals surface area contributed by atoms with Gasteiger partial charge in [0.1, 0.15) is 6.04 Å². The van der Waals surface area contributed by atoms with Crippen molar-refractivity contribution in [2.75, 3.05) is 13.1 Å². The van der Waals surface area contributed by atoms with Crippen LogP contribution in [0.2, 0.25) is 0 Å². The minimum absolute atomic E-state index is 0.00416. The molecule has 0 N–H and O–H groups in total. The maximum absolute atomic E-state index is 13.1. The van der Waals surface area contributed by atoms with Gasteiger partial charge in [0.05, 0.1) is 12.0 Å². The quantitative estimate of drug-likeness (QED) is 0.830. The van der Waals surface area contributed by atoms with Crippen LogP contribution in [0.25, 0.3) is 0 Å². The van der Waals surface area contributed by atoms with Crippen molar-refractivity contribution < 1.29 is 22.8 Å². The molecule has 3 rings (SSSR count). The van der Waals surface area contributed by atoms with Crippen molar-refractivity contribution >= 4 is 11.8 Å². The van der Waals surface area contributed by atoms with Gasteiger partial charge in [0, 0.05) is 19.1 Å². The van der Waals surface area contributed by atoms with Gasteiger partial charge in [-0.3, -0.25) is 9.59 Å². The molecular formula is C17H19F3N2O2. The molecule has 0 radical (unpaired) electrons. The van der Waals surface area contributed by atoms with E-state index in [9.17, 15) is 22.8 Å². The second-order valence-electron chi connectivity index (χ2n) is 6.38. The molecule has 2 aliphatic rings. The largest absolute Gasteiger partial charge is 0.416 e. The number of nitrogens with zero attached hydrogens (tertiary/aromatic N) is 2. The summed E-state index contributed by atoms with van der Waals surface area (Å²) in [6.45, 7) is 2.75. The van der Waals surface area contributed by atoms with Crippen molar-refractivity contribution in [2.24, 2.45) is 0 Å². The first-order chi connectivity index (χ1) is 11.3. The van der Waals surface area contributed by atoms with Crippen molar-refractivity contribution in [3.63, 3.8) is 0 Å². The van der Waals surface area contributed by atoms with E-state index in [4.69, 9.17) is 0 Å². The van der Waals surface area contributed by atoms with Gasteiger partial charge in [-0.25, -0.2) is 0 Å². The van der Waals surface area contributed by atoms with Crippen LogP contribution < -0.4 is 0 Å².